The first-order valence-corrected chi connectivity index (χ1v) is 7.99. The van der Waals surface area contributed by atoms with Crippen molar-refractivity contribution < 1.29 is 14.5 Å². The van der Waals surface area contributed by atoms with Crippen LogP contribution in [0.1, 0.15) is 17.5 Å². The first-order chi connectivity index (χ1) is 12.1. The van der Waals surface area contributed by atoms with Gasteiger partial charge < -0.3 is 10.1 Å². The number of amides is 1. The zero-order valence-electron chi connectivity index (χ0n) is 13.4. The van der Waals surface area contributed by atoms with Crippen LogP contribution in [-0.4, -0.2) is 17.6 Å². The van der Waals surface area contributed by atoms with E-state index < -0.39 is 11.0 Å². The van der Waals surface area contributed by atoms with Crippen LogP contribution in [0, 0.1) is 10.1 Å². The highest BCUT2D eigenvalue weighted by molar-refractivity contribution is 6.32. The van der Waals surface area contributed by atoms with E-state index in [0.29, 0.717) is 23.6 Å². The fraction of sp³-hybridized carbons (Fsp3) is 0.167. The summed E-state index contributed by atoms with van der Waals surface area (Å²) in [5, 5.41) is 13.9. The van der Waals surface area contributed by atoms with Gasteiger partial charge in [0.15, 0.2) is 0 Å². The molecule has 130 valence electrons. The molecule has 2 aromatic carbocycles. The predicted molar refractivity (Wildman–Crippen MR) is 96.4 cm³/mol. The lowest BCUT2D eigenvalue weighted by Crippen LogP contribution is -2.24. The van der Waals surface area contributed by atoms with Gasteiger partial charge in [0.2, 0.25) is 0 Å². The summed E-state index contributed by atoms with van der Waals surface area (Å²) in [6, 6.07) is 13.9. The summed E-state index contributed by atoms with van der Waals surface area (Å²) in [6.07, 6.45) is 3.27. The van der Waals surface area contributed by atoms with Crippen molar-refractivity contribution in [1.29, 1.82) is 0 Å². The quantitative estimate of drug-likeness (QED) is 0.445. The van der Waals surface area contributed by atoms with E-state index in [1.807, 2.05) is 30.3 Å². The second-order valence-corrected chi connectivity index (χ2v) is 5.52. The first kappa shape index (κ1) is 18.5. The van der Waals surface area contributed by atoms with E-state index in [1.165, 1.54) is 12.1 Å². The van der Waals surface area contributed by atoms with Gasteiger partial charge in [0, 0.05) is 12.6 Å². The Hall–Kier alpha value is -2.86. The van der Waals surface area contributed by atoms with Crippen LogP contribution in [0.15, 0.2) is 54.6 Å². The summed E-state index contributed by atoms with van der Waals surface area (Å²) in [7, 11) is 0. The van der Waals surface area contributed by atoms with Crippen LogP contribution >= 0.6 is 11.6 Å². The Labute approximate surface area is 150 Å². The number of hydrogen-bond donors (Lipinski definition) is 1. The molecule has 1 amide bonds. The average Bonchev–Trinajstić information content (AvgIpc) is 2.61. The van der Waals surface area contributed by atoms with Crippen molar-refractivity contribution in [2.75, 3.05) is 6.54 Å². The van der Waals surface area contributed by atoms with E-state index in [4.69, 9.17) is 16.3 Å². The molecule has 6 nitrogen and oxygen atoms in total. The highest BCUT2D eigenvalue weighted by Gasteiger charge is 2.13. The minimum absolute atomic E-state index is 0.0565. The Bertz CT molecular complexity index is 763. The molecule has 2 rings (SSSR count). The number of benzene rings is 2. The van der Waals surface area contributed by atoms with Crippen molar-refractivity contribution >= 4 is 29.5 Å². The van der Waals surface area contributed by atoms with Crippen LogP contribution in [0.2, 0.25) is 5.02 Å². The van der Waals surface area contributed by atoms with E-state index >= 15 is 0 Å². The zero-order valence-corrected chi connectivity index (χ0v) is 14.1. The third kappa shape index (κ3) is 5.93. The molecule has 0 bridgehead atoms. The Morgan fingerprint density at radius 2 is 1.96 bits per heavy atom. The summed E-state index contributed by atoms with van der Waals surface area (Å²) in [5.41, 5.74) is 1.20. The molecule has 0 aromatic heterocycles. The van der Waals surface area contributed by atoms with Crippen molar-refractivity contribution in [2.24, 2.45) is 0 Å². The lowest BCUT2D eigenvalue weighted by atomic mass is 10.1. The molecular weight excluding hydrogens is 344 g/mol. The Balaban J connectivity index is 1.77. The van der Waals surface area contributed by atoms with Gasteiger partial charge in [-0.2, -0.15) is 0 Å². The summed E-state index contributed by atoms with van der Waals surface area (Å²) in [5.74, 6) is 0. The number of nitro benzene ring substituents is 1. The lowest BCUT2D eigenvalue weighted by Gasteiger charge is -2.06. The fourth-order valence-electron chi connectivity index (χ4n) is 2.08. The maximum absolute atomic E-state index is 11.6. The minimum atomic E-state index is -0.513. The number of nitro groups is 1. The molecule has 0 radical (unpaired) electrons. The van der Waals surface area contributed by atoms with Gasteiger partial charge in [0.05, 0.1) is 15.5 Å². The van der Waals surface area contributed by atoms with Crippen molar-refractivity contribution in [3.63, 3.8) is 0 Å². The van der Waals surface area contributed by atoms with E-state index in [2.05, 4.69) is 5.32 Å². The molecule has 0 heterocycles. The van der Waals surface area contributed by atoms with E-state index in [9.17, 15) is 14.9 Å². The van der Waals surface area contributed by atoms with E-state index in [-0.39, 0.29) is 12.3 Å². The highest BCUT2D eigenvalue weighted by Crippen LogP contribution is 2.27. The van der Waals surface area contributed by atoms with Gasteiger partial charge in [-0.3, -0.25) is 10.1 Å². The second kappa shape index (κ2) is 9.44. The smallest absolute Gasteiger partial charge is 0.407 e. The maximum atomic E-state index is 11.6. The van der Waals surface area contributed by atoms with Gasteiger partial charge in [-0.25, -0.2) is 4.79 Å². The van der Waals surface area contributed by atoms with Gasteiger partial charge >= 0.3 is 6.09 Å². The molecule has 0 aliphatic heterocycles. The van der Waals surface area contributed by atoms with Crippen LogP contribution in [0.5, 0.6) is 0 Å². The van der Waals surface area contributed by atoms with Gasteiger partial charge in [0.1, 0.15) is 6.61 Å². The molecule has 0 spiro atoms. The molecule has 0 atom stereocenters. The topological polar surface area (TPSA) is 81.5 Å². The Morgan fingerprint density at radius 3 is 2.68 bits per heavy atom. The SMILES string of the molecule is O=C(NCCC=Cc1c(Cl)cccc1[N+](=O)[O-])OCc1ccccc1. The van der Waals surface area contributed by atoms with Crippen molar-refractivity contribution in [2.45, 2.75) is 13.0 Å². The molecule has 25 heavy (non-hydrogen) atoms. The summed E-state index contributed by atoms with van der Waals surface area (Å²) in [6.45, 7) is 0.552. The fourth-order valence-corrected chi connectivity index (χ4v) is 2.32. The van der Waals surface area contributed by atoms with Gasteiger partial charge in [-0.05, 0) is 18.1 Å². The molecule has 0 saturated carbocycles. The summed E-state index contributed by atoms with van der Waals surface area (Å²) >= 11 is 5.99. The summed E-state index contributed by atoms with van der Waals surface area (Å²) < 4.78 is 5.08. The van der Waals surface area contributed by atoms with Crippen LogP contribution in [-0.2, 0) is 11.3 Å². The number of carbonyl (C=O) groups is 1. The minimum Gasteiger partial charge on any atom is -0.445 e. The summed E-state index contributed by atoms with van der Waals surface area (Å²) in [4.78, 5) is 22.1. The molecule has 0 unspecified atom stereocenters. The Morgan fingerprint density at radius 1 is 1.20 bits per heavy atom. The van der Waals surface area contributed by atoms with Crippen LogP contribution in [0.4, 0.5) is 10.5 Å². The molecule has 7 heteroatoms. The normalized spacial score (nSPS) is 10.6. The van der Waals surface area contributed by atoms with Crippen molar-refractivity contribution in [1.82, 2.24) is 5.32 Å². The van der Waals surface area contributed by atoms with Gasteiger partial charge in [-0.15, -0.1) is 0 Å². The molecule has 0 aliphatic rings. The number of halogens is 1. The Kier molecular flexibility index (Phi) is 6.98. The monoisotopic (exact) mass is 360 g/mol. The average molecular weight is 361 g/mol. The zero-order chi connectivity index (χ0) is 18.1. The van der Waals surface area contributed by atoms with Gasteiger partial charge in [0.25, 0.3) is 5.69 Å². The number of alkyl carbamates (subject to hydrolysis) is 1. The number of ether oxygens (including phenoxy) is 1. The lowest BCUT2D eigenvalue weighted by molar-refractivity contribution is -0.385. The second-order valence-electron chi connectivity index (χ2n) is 5.11. The molecule has 0 saturated heterocycles. The van der Waals surface area contributed by atoms with Crippen LogP contribution < -0.4 is 5.32 Å². The van der Waals surface area contributed by atoms with Crippen LogP contribution in [0.25, 0.3) is 6.08 Å². The third-order valence-electron chi connectivity index (χ3n) is 3.30. The number of nitrogens with one attached hydrogen (secondary N) is 1. The van der Waals surface area contributed by atoms with E-state index in [1.54, 1.807) is 18.2 Å². The molecule has 0 fully saturated rings. The molecule has 2 aromatic rings. The number of nitrogens with zero attached hydrogens (tertiary/aromatic N) is 1. The predicted octanol–water partition coefficient (Wildman–Crippen LogP) is 4.58. The van der Waals surface area contributed by atoms with E-state index in [0.717, 1.165) is 5.56 Å². The van der Waals surface area contributed by atoms with Crippen molar-refractivity contribution in [3.8, 4) is 0 Å². The molecule has 1 N–H and O–H groups in total. The third-order valence-corrected chi connectivity index (χ3v) is 3.63. The van der Waals surface area contributed by atoms with Crippen molar-refractivity contribution in [3.05, 3.63) is 80.9 Å². The molecular formula is C18H17ClN2O4. The van der Waals surface area contributed by atoms with Gasteiger partial charge in [-0.1, -0.05) is 60.2 Å². The van der Waals surface area contributed by atoms with Crippen LogP contribution in [0.3, 0.4) is 0 Å². The number of rotatable bonds is 7. The molecule has 0 aliphatic carbocycles. The largest absolute Gasteiger partial charge is 0.445 e. The number of hydrogen-bond acceptors (Lipinski definition) is 4. The number of carbonyl (C=O) groups excluding carboxylic acids is 1. The standard InChI is InChI=1S/C18H17ClN2O4/c19-16-10-6-11-17(21(23)24)15(16)9-4-5-12-20-18(22)25-13-14-7-2-1-3-8-14/h1-4,6-11H,5,12-13H2,(H,20,22). The highest BCUT2D eigenvalue weighted by atomic mass is 35.5. The first-order valence-electron chi connectivity index (χ1n) is 7.62. The maximum Gasteiger partial charge on any atom is 0.407 e.